The highest BCUT2D eigenvalue weighted by Gasteiger charge is 2.34. The Bertz CT molecular complexity index is 680. The van der Waals surface area contributed by atoms with Gasteiger partial charge in [0.1, 0.15) is 12.3 Å². The minimum Gasteiger partial charge on any atom is -0.389 e. The third-order valence-electron chi connectivity index (χ3n) is 2.99. The van der Waals surface area contributed by atoms with Crippen LogP contribution >= 0.6 is 0 Å². The number of terminal acetylenes is 1. The highest BCUT2D eigenvalue weighted by Crippen LogP contribution is 2.31. The first-order chi connectivity index (χ1) is 9.10. The van der Waals surface area contributed by atoms with Crippen LogP contribution in [0.5, 0.6) is 0 Å². The molecular formula is C11H10FN5O2. The molecule has 0 bridgehead atoms. The number of nitrogens with two attached hydrogens (primary N) is 1. The van der Waals surface area contributed by atoms with Crippen molar-refractivity contribution in [2.45, 2.75) is 24.9 Å². The molecule has 1 aliphatic rings. The van der Waals surface area contributed by atoms with Crippen molar-refractivity contribution in [1.29, 1.82) is 0 Å². The molecule has 1 fully saturated rings. The SMILES string of the molecule is C#C[C@H]1O[C@@H](n2cnc3c(N)nc(F)nc32)C[C@@H]1O. The van der Waals surface area contributed by atoms with Crippen LogP contribution < -0.4 is 5.73 Å². The lowest BCUT2D eigenvalue weighted by Gasteiger charge is -2.12. The Labute approximate surface area is 107 Å². The van der Waals surface area contributed by atoms with Gasteiger partial charge >= 0.3 is 6.08 Å². The zero-order chi connectivity index (χ0) is 13.6. The third kappa shape index (κ3) is 1.80. The average Bonchev–Trinajstić information content (AvgIpc) is 2.92. The molecule has 7 nitrogen and oxygen atoms in total. The summed E-state index contributed by atoms with van der Waals surface area (Å²) in [7, 11) is 0. The maximum atomic E-state index is 13.2. The van der Waals surface area contributed by atoms with E-state index in [0.29, 0.717) is 0 Å². The summed E-state index contributed by atoms with van der Waals surface area (Å²) >= 11 is 0. The maximum Gasteiger partial charge on any atom is 0.312 e. The van der Waals surface area contributed by atoms with Crippen molar-refractivity contribution in [2.75, 3.05) is 5.73 Å². The Morgan fingerprint density at radius 2 is 2.37 bits per heavy atom. The van der Waals surface area contributed by atoms with E-state index in [1.165, 1.54) is 10.9 Å². The zero-order valence-corrected chi connectivity index (χ0v) is 9.69. The van der Waals surface area contributed by atoms with Gasteiger partial charge in [0.25, 0.3) is 0 Å². The number of anilines is 1. The first-order valence-electron chi connectivity index (χ1n) is 5.55. The van der Waals surface area contributed by atoms with E-state index >= 15 is 0 Å². The quantitative estimate of drug-likeness (QED) is 0.547. The molecule has 0 unspecified atom stereocenters. The number of rotatable bonds is 1. The second kappa shape index (κ2) is 4.15. The largest absolute Gasteiger partial charge is 0.389 e. The summed E-state index contributed by atoms with van der Waals surface area (Å²) in [5.41, 5.74) is 6.05. The maximum absolute atomic E-state index is 13.2. The molecule has 2 aromatic rings. The van der Waals surface area contributed by atoms with Gasteiger partial charge in [0.15, 0.2) is 17.0 Å². The lowest BCUT2D eigenvalue weighted by Crippen LogP contribution is -2.17. The summed E-state index contributed by atoms with van der Waals surface area (Å²) in [6, 6.07) is 0. The van der Waals surface area contributed by atoms with Gasteiger partial charge in [0.2, 0.25) is 0 Å². The number of nitrogen functional groups attached to an aromatic ring is 1. The minimum atomic E-state index is -0.946. The van der Waals surface area contributed by atoms with Crippen LogP contribution in [0.15, 0.2) is 6.33 Å². The number of halogens is 1. The number of aliphatic hydroxyl groups is 1. The van der Waals surface area contributed by atoms with Gasteiger partial charge < -0.3 is 15.6 Å². The van der Waals surface area contributed by atoms with Crippen LogP contribution in [0.25, 0.3) is 11.2 Å². The first-order valence-corrected chi connectivity index (χ1v) is 5.55. The zero-order valence-electron chi connectivity index (χ0n) is 9.69. The molecule has 1 saturated heterocycles. The second-order valence-corrected chi connectivity index (χ2v) is 4.18. The van der Waals surface area contributed by atoms with Crippen molar-refractivity contribution in [2.24, 2.45) is 0 Å². The molecule has 98 valence electrons. The Morgan fingerprint density at radius 3 is 3.05 bits per heavy atom. The molecule has 0 radical (unpaired) electrons. The Hall–Kier alpha value is -2.24. The standard InChI is InChI=1S/C11H10FN5O2/c1-2-6-5(18)3-7(19-6)17-4-14-8-9(13)15-11(12)16-10(8)17/h1,4-7,18H,3H2,(H2,13,15,16)/t5-,6+,7+/m0/s1. The van der Waals surface area contributed by atoms with Crippen molar-refractivity contribution in [3.8, 4) is 12.3 Å². The molecule has 3 heterocycles. The highest BCUT2D eigenvalue weighted by atomic mass is 19.1. The van der Waals surface area contributed by atoms with E-state index in [9.17, 15) is 9.50 Å². The topological polar surface area (TPSA) is 99.1 Å². The van der Waals surface area contributed by atoms with Gasteiger partial charge in [0, 0.05) is 6.42 Å². The van der Waals surface area contributed by atoms with Crippen molar-refractivity contribution >= 4 is 17.0 Å². The van der Waals surface area contributed by atoms with E-state index in [0.717, 1.165) is 0 Å². The molecule has 19 heavy (non-hydrogen) atoms. The summed E-state index contributed by atoms with van der Waals surface area (Å²) in [5, 5.41) is 9.71. The normalized spacial score (nSPS) is 26.7. The lowest BCUT2D eigenvalue weighted by molar-refractivity contribution is 0.0140. The van der Waals surface area contributed by atoms with Gasteiger partial charge in [0.05, 0.1) is 12.4 Å². The van der Waals surface area contributed by atoms with Crippen LogP contribution in [-0.2, 0) is 4.74 Å². The van der Waals surface area contributed by atoms with Gasteiger partial charge in [-0.3, -0.25) is 4.57 Å². The fourth-order valence-corrected chi connectivity index (χ4v) is 2.10. The van der Waals surface area contributed by atoms with Crippen LogP contribution in [0.4, 0.5) is 10.2 Å². The molecule has 2 aromatic heterocycles. The summed E-state index contributed by atoms with van der Waals surface area (Å²) in [5.74, 6) is 2.29. The Morgan fingerprint density at radius 1 is 1.58 bits per heavy atom. The summed E-state index contributed by atoms with van der Waals surface area (Å²) in [6.45, 7) is 0. The van der Waals surface area contributed by atoms with Crippen LogP contribution in [-0.4, -0.2) is 36.8 Å². The lowest BCUT2D eigenvalue weighted by atomic mass is 10.2. The fraction of sp³-hybridized carbons (Fsp3) is 0.364. The number of aromatic nitrogens is 4. The smallest absolute Gasteiger partial charge is 0.312 e. The summed E-state index contributed by atoms with van der Waals surface area (Å²) in [6.07, 6.45) is 3.92. The van der Waals surface area contributed by atoms with Crippen molar-refractivity contribution in [1.82, 2.24) is 19.5 Å². The molecule has 0 saturated carbocycles. The number of hydrogen-bond acceptors (Lipinski definition) is 6. The number of imidazole rings is 1. The molecule has 0 aliphatic carbocycles. The number of ether oxygens (including phenoxy) is 1. The molecule has 0 aromatic carbocycles. The van der Waals surface area contributed by atoms with Crippen LogP contribution in [0.1, 0.15) is 12.6 Å². The first kappa shape index (κ1) is 11.8. The monoisotopic (exact) mass is 263 g/mol. The van der Waals surface area contributed by atoms with Crippen molar-refractivity contribution in [3.63, 3.8) is 0 Å². The molecule has 0 amide bonds. The van der Waals surface area contributed by atoms with Gasteiger partial charge in [-0.1, -0.05) is 5.92 Å². The van der Waals surface area contributed by atoms with Gasteiger partial charge in [-0.15, -0.1) is 6.42 Å². The fourth-order valence-electron chi connectivity index (χ4n) is 2.10. The second-order valence-electron chi connectivity index (χ2n) is 4.18. The Balaban J connectivity index is 2.05. The summed E-state index contributed by atoms with van der Waals surface area (Å²) in [4.78, 5) is 11.0. The Kier molecular flexibility index (Phi) is 2.58. The summed E-state index contributed by atoms with van der Waals surface area (Å²) < 4.78 is 20.1. The van der Waals surface area contributed by atoms with E-state index < -0.39 is 24.5 Å². The number of nitrogens with zero attached hydrogens (tertiary/aromatic N) is 4. The van der Waals surface area contributed by atoms with E-state index in [2.05, 4.69) is 20.9 Å². The van der Waals surface area contributed by atoms with E-state index in [4.69, 9.17) is 16.9 Å². The molecule has 3 rings (SSSR count). The number of aliphatic hydroxyl groups excluding tert-OH is 1. The van der Waals surface area contributed by atoms with Crippen LogP contribution in [0.3, 0.4) is 0 Å². The number of fused-ring (bicyclic) bond motifs is 1. The predicted octanol–water partition coefficient (Wildman–Crippen LogP) is -0.171. The number of hydrogen-bond donors (Lipinski definition) is 2. The van der Waals surface area contributed by atoms with Crippen molar-refractivity contribution in [3.05, 3.63) is 12.4 Å². The van der Waals surface area contributed by atoms with Crippen LogP contribution in [0, 0.1) is 18.4 Å². The van der Waals surface area contributed by atoms with Crippen LogP contribution in [0.2, 0.25) is 0 Å². The molecule has 3 N–H and O–H groups in total. The predicted molar refractivity (Wildman–Crippen MR) is 63.1 cm³/mol. The van der Waals surface area contributed by atoms with Crippen molar-refractivity contribution < 1.29 is 14.2 Å². The molecule has 1 aliphatic heterocycles. The van der Waals surface area contributed by atoms with Gasteiger partial charge in [-0.05, 0) is 0 Å². The highest BCUT2D eigenvalue weighted by molar-refractivity contribution is 5.81. The molecular weight excluding hydrogens is 253 g/mol. The van der Waals surface area contributed by atoms with Gasteiger partial charge in [-0.2, -0.15) is 14.4 Å². The molecule has 8 heteroatoms. The minimum absolute atomic E-state index is 0.0479. The molecule has 3 atom stereocenters. The van der Waals surface area contributed by atoms with Gasteiger partial charge in [-0.25, -0.2) is 4.98 Å². The molecule has 0 spiro atoms. The third-order valence-corrected chi connectivity index (χ3v) is 2.99. The van der Waals surface area contributed by atoms with E-state index in [1.807, 2.05) is 0 Å². The average molecular weight is 263 g/mol. The van der Waals surface area contributed by atoms with E-state index in [1.54, 1.807) is 0 Å². The van der Waals surface area contributed by atoms with E-state index in [-0.39, 0.29) is 23.4 Å².